The van der Waals surface area contributed by atoms with E-state index >= 15 is 0 Å². The van der Waals surface area contributed by atoms with Crippen LogP contribution >= 0.6 is 11.3 Å². The van der Waals surface area contributed by atoms with Gasteiger partial charge in [-0.05, 0) is 87.3 Å². The number of aldehydes is 1. The smallest absolute Gasteiger partial charge is 0.169 e. The van der Waals surface area contributed by atoms with Crippen LogP contribution < -0.4 is 10.6 Å². The van der Waals surface area contributed by atoms with Crippen molar-refractivity contribution in [2.45, 2.75) is 98.8 Å². The SMILES string of the molecule is C=C.C=C(CCC(CCNC)C(C#N)c1ccccc1)c1c[nH]c2c(-c3nc(C=O)cs3)ncc(CC)c12.CCCCC(C)(C)CC.CCNC. The van der Waals surface area contributed by atoms with E-state index in [-0.39, 0.29) is 11.8 Å². The zero-order valence-corrected chi connectivity index (χ0v) is 33.5. The number of thiazole rings is 1. The quantitative estimate of drug-likeness (QED) is 0.0743. The molecule has 3 N–H and O–H groups in total. The Hall–Kier alpha value is -3.90. The lowest BCUT2D eigenvalue weighted by molar-refractivity contribution is 0.111. The third-order valence-corrected chi connectivity index (χ3v) is 10.1. The lowest BCUT2D eigenvalue weighted by Crippen LogP contribution is -2.18. The van der Waals surface area contributed by atoms with Crippen LogP contribution in [0.5, 0.6) is 0 Å². The van der Waals surface area contributed by atoms with Crippen LogP contribution in [0.2, 0.25) is 0 Å². The number of nitriles is 1. The van der Waals surface area contributed by atoms with Crippen LogP contribution in [-0.4, -0.2) is 48.4 Å². The number of rotatable bonds is 17. The number of aryl methyl sites for hydroxylation is 1. The van der Waals surface area contributed by atoms with Gasteiger partial charge in [-0.3, -0.25) is 9.78 Å². The van der Waals surface area contributed by atoms with Crippen molar-refractivity contribution in [1.29, 1.82) is 5.26 Å². The Labute approximate surface area is 313 Å². The summed E-state index contributed by atoms with van der Waals surface area (Å²) in [5.74, 6) is 0.0565. The van der Waals surface area contributed by atoms with E-state index in [1.165, 1.54) is 37.0 Å². The lowest BCUT2D eigenvalue weighted by Gasteiger charge is -2.23. The van der Waals surface area contributed by atoms with Gasteiger partial charge in [-0.1, -0.05) is 97.7 Å². The van der Waals surface area contributed by atoms with Crippen molar-refractivity contribution in [3.63, 3.8) is 0 Å². The fourth-order valence-electron chi connectivity index (χ4n) is 5.62. The van der Waals surface area contributed by atoms with Crippen LogP contribution in [0.15, 0.2) is 67.8 Å². The second kappa shape index (κ2) is 25.1. The van der Waals surface area contributed by atoms with Crippen molar-refractivity contribution in [1.82, 2.24) is 25.6 Å². The number of fused-ring (bicyclic) bond motifs is 1. The molecule has 0 aliphatic rings. The van der Waals surface area contributed by atoms with Crippen molar-refractivity contribution < 1.29 is 4.79 Å². The number of nitrogens with zero attached hydrogens (tertiary/aromatic N) is 3. The number of carbonyl (C=O) groups excluding carboxylic acids is 1. The average molecular weight is 713 g/mol. The summed E-state index contributed by atoms with van der Waals surface area (Å²) in [6.07, 6.45) is 13.5. The maximum atomic E-state index is 11.1. The first-order chi connectivity index (χ1) is 24.6. The first-order valence-corrected chi connectivity index (χ1v) is 19.3. The van der Waals surface area contributed by atoms with E-state index in [0.29, 0.717) is 11.1 Å². The molecule has 2 atom stereocenters. The van der Waals surface area contributed by atoms with E-state index in [9.17, 15) is 10.1 Å². The number of nitrogens with one attached hydrogen (secondary N) is 3. The molecule has 3 heterocycles. The van der Waals surface area contributed by atoms with Gasteiger partial charge in [0.1, 0.15) is 16.4 Å². The summed E-state index contributed by atoms with van der Waals surface area (Å²) in [4.78, 5) is 23.6. The Morgan fingerprint density at radius 3 is 2.31 bits per heavy atom. The number of hydrogen-bond donors (Lipinski definition) is 3. The minimum Gasteiger partial charge on any atom is -0.359 e. The summed E-state index contributed by atoms with van der Waals surface area (Å²) in [7, 11) is 3.88. The van der Waals surface area contributed by atoms with Crippen molar-refractivity contribution in [2.24, 2.45) is 11.3 Å². The van der Waals surface area contributed by atoms with Crippen molar-refractivity contribution >= 4 is 34.1 Å². The molecule has 51 heavy (non-hydrogen) atoms. The fourth-order valence-corrected chi connectivity index (χ4v) is 6.38. The molecule has 0 amide bonds. The molecule has 2 unspecified atom stereocenters. The van der Waals surface area contributed by atoms with Gasteiger partial charge in [0, 0.05) is 28.7 Å². The zero-order valence-electron chi connectivity index (χ0n) is 32.7. The van der Waals surface area contributed by atoms with Crippen molar-refractivity contribution in [2.75, 3.05) is 27.2 Å². The molecule has 8 heteroatoms. The number of aromatic amines is 1. The highest BCUT2D eigenvalue weighted by Crippen LogP contribution is 2.38. The summed E-state index contributed by atoms with van der Waals surface area (Å²) in [6.45, 7) is 25.8. The molecular weight excluding hydrogens is 649 g/mol. The molecule has 0 aliphatic carbocycles. The second-order valence-corrected chi connectivity index (χ2v) is 14.1. The minimum absolute atomic E-state index is 0.158. The Morgan fingerprint density at radius 1 is 1.10 bits per heavy atom. The van der Waals surface area contributed by atoms with Crippen molar-refractivity contribution in [3.8, 4) is 16.8 Å². The highest BCUT2D eigenvalue weighted by Gasteiger charge is 2.24. The van der Waals surface area contributed by atoms with E-state index in [4.69, 9.17) is 0 Å². The third-order valence-electron chi connectivity index (χ3n) is 9.26. The molecule has 0 bridgehead atoms. The van der Waals surface area contributed by atoms with E-state index in [1.54, 1.807) is 5.38 Å². The molecule has 7 nitrogen and oxygen atoms in total. The molecule has 3 aromatic heterocycles. The number of pyridine rings is 1. The molecule has 0 spiro atoms. The van der Waals surface area contributed by atoms with Crippen molar-refractivity contribution in [3.05, 3.63) is 90.2 Å². The molecule has 4 aromatic rings. The number of hydrogen-bond acceptors (Lipinski definition) is 7. The Balaban J connectivity index is 0.000000733. The summed E-state index contributed by atoms with van der Waals surface area (Å²) in [6, 6.07) is 12.6. The number of benzene rings is 1. The van der Waals surface area contributed by atoms with Gasteiger partial charge >= 0.3 is 0 Å². The standard InChI is InChI=1S/C29H31N5OS.C9H20.C3H9N.C2H4/c1-4-20-15-32-28(29-34-23(17-35)18-36-29)27-26(20)25(16-33-27)19(2)10-11-22(12-13-31-3)24(14-30)21-8-6-5-7-9-21;1-5-7-8-9(3,4)6-2;1-3-4-2;1-2/h5-9,15-18,22,24,31,33H,2,4,10-13H2,1,3H3;5-8H2,1-4H3;4H,3H2,1-2H3;1-2H2. The van der Waals surface area contributed by atoms with Crippen LogP contribution in [0.25, 0.3) is 27.2 Å². The second-order valence-electron chi connectivity index (χ2n) is 13.3. The summed E-state index contributed by atoms with van der Waals surface area (Å²) >= 11 is 1.41. The molecule has 4 rings (SSSR count). The molecule has 0 aliphatic heterocycles. The molecule has 1 aromatic carbocycles. The molecular formula is C43H64N6OS. The zero-order chi connectivity index (χ0) is 38.2. The number of aromatic nitrogens is 3. The first-order valence-electron chi connectivity index (χ1n) is 18.5. The van der Waals surface area contributed by atoms with Gasteiger partial charge in [0.2, 0.25) is 0 Å². The Kier molecular flexibility index (Phi) is 22.2. The van der Waals surface area contributed by atoms with E-state index in [0.717, 1.165) is 88.9 Å². The molecule has 278 valence electrons. The number of allylic oxidation sites excluding steroid dienone is 1. The Morgan fingerprint density at radius 2 is 1.78 bits per heavy atom. The highest BCUT2D eigenvalue weighted by molar-refractivity contribution is 7.13. The average Bonchev–Trinajstić information content (AvgIpc) is 3.85. The summed E-state index contributed by atoms with van der Waals surface area (Å²) in [5, 5.41) is 19.8. The van der Waals surface area contributed by atoms with Gasteiger partial charge in [-0.2, -0.15) is 5.26 Å². The molecule has 0 fully saturated rings. The largest absolute Gasteiger partial charge is 0.359 e. The third kappa shape index (κ3) is 14.3. The van der Waals surface area contributed by atoms with Gasteiger partial charge in [-0.15, -0.1) is 24.5 Å². The van der Waals surface area contributed by atoms with Gasteiger partial charge < -0.3 is 15.6 Å². The van der Waals surface area contributed by atoms with Crippen LogP contribution in [0.4, 0.5) is 0 Å². The molecule has 0 radical (unpaired) electrons. The summed E-state index contributed by atoms with van der Waals surface area (Å²) in [5.41, 5.74) is 7.01. The summed E-state index contributed by atoms with van der Waals surface area (Å²) < 4.78 is 0. The van der Waals surface area contributed by atoms with Gasteiger partial charge in [-0.25, -0.2) is 4.98 Å². The highest BCUT2D eigenvalue weighted by atomic mass is 32.1. The Bertz CT molecular complexity index is 1600. The van der Waals surface area contributed by atoms with Gasteiger partial charge in [0.15, 0.2) is 6.29 Å². The fraction of sp³-hybridized carbons (Fsp3) is 0.488. The number of carbonyl (C=O) groups is 1. The predicted molar refractivity (Wildman–Crippen MR) is 222 cm³/mol. The van der Waals surface area contributed by atoms with E-state index < -0.39 is 0 Å². The van der Waals surface area contributed by atoms with E-state index in [1.807, 2.05) is 56.8 Å². The molecule has 0 saturated heterocycles. The lowest BCUT2D eigenvalue weighted by atomic mass is 9.81. The topological polar surface area (TPSA) is 106 Å². The maximum absolute atomic E-state index is 11.1. The number of unbranched alkanes of at least 4 members (excludes halogenated alkanes) is 1. The van der Waals surface area contributed by atoms with Crippen LogP contribution in [-0.2, 0) is 6.42 Å². The monoisotopic (exact) mass is 712 g/mol. The van der Waals surface area contributed by atoms with Crippen LogP contribution in [0.3, 0.4) is 0 Å². The van der Waals surface area contributed by atoms with E-state index in [2.05, 4.69) is 92.9 Å². The van der Waals surface area contributed by atoms with Gasteiger partial charge in [0.05, 0.1) is 17.5 Å². The molecule has 0 saturated carbocycles. The van der Waals surface area contributed by atoms with Gasteiger partial charge in [0.25, 0.3) is 0 Å². The normalized spacial score (nSPS) is 11.8. The maximum Gasteiger partial charge on any atom is 0.169 e. The first kappa shape index (κ1) is 45.1. The minimum atomic E-state index is -0.158. The number of H-pyrrole nitrogens is 1. The predicted octanol–water partition coefficient (Wildman–Crippen LogP) is 11.0. The van der Waals surface area contributed by atoms with Crippen LogP contribution in [0.1, 0.15) is 120 Å². The van der Waals surface area contributed by atoms with Crippen LogP contribution in [0, 0.1) is 22.7 Å².